The van der Waals surface area contributed by atoms with Crippen LogP contribution in [0, 0.1) is 5.92 Å². The zero-order valence-corrected chi connectivity index (χ0v) is 11.2. The molecule has 1 saturated heterocycles. The maximum Gasteiger partial charge on any atom is 0.224 e. The van der Waals surface area contributed by atoms with Gasteiger partial charge in [0.25, 0.3) is 0 Å². The highest BCUT2D eigenvalue weighted by molar-refractivity contribution is 5.78. The zero-order chi connectivity index (χ0) is 12.7. The Morgan fingerprint density at radius 2 is 2.12 bits per heavy atom. The van der Waals surface area contributed by atoms with Gasteiger partial charge in [0.15, 0.2) is 0 Å². The molecule has 1 aliphatic heterocycles. The van der Waals surface area contributed by atoms with Crippen molar-refractivity contribution in [1.29, 1.82) is 0 Å². The molecule has 4 heteroatoms. The minimum Gasteiger partial charge on any atom is -0.353 e. The normalized spacial score (nSPS) is 20.2. The van der Waals surface area contributed by atoms with E-state index in [1.807, 2.05) is 6.92 Å². The summed E-state index contributed by atoms with van der Waals surface area (Å²) in [4.78, 5) is 14.2. The average Bonchev–Trinajstić information content (AvgIpc) is 2.37. The lowest BCUT2D eigenvalue weighted by Crippen LogP contribution is -2.47. The van der Waals surface area contributed by atoms with Crippen molar-refractivity contribution in [2.75, 3.05) is 26.2 Å². The Morgan fingerprint density at radius 3 is 2.65 bits per heavy atom. The molecule has 0 aliphatic carbocycles. The van der Waals surface area contributed by atoms with Crippen molar-refractivity contribution < 1.29 is 4.79 Å². The molecule has 100 valence electrons. The molecule has 1 heterocycles. The molecule has 4 nitrogen and oxygen atoms in total. The van der Waals surface area contributed by atoms with Crippen molar-refractivity contribution in [3.8, 4) is 0 Å². The third-order valence-corrected chi connectivity index (χ3v) is 3.56. The second-order valence-corrected chi connectivity index (χ2v) is 5.11. The summed E-state index contributed by atoms with van der Waals surface area (Å²) < 4.78 is 0. The molecule has 1 rings (SSSR count). The molecule has 0 aromatic carbocycles. The van der Waals surface area contributed by atoms with E-state index in [0.717, 1.165) is 25.9 Å². The van der Waals surface area contributed by atoms with E-state index in [1.54, 1.807) is 0 Å². The van der Waals surface area contributed by atoms with Crippen LogP contribution in [-0.4, -0.2) is 43.0 Å². The van der Waals surface area contributed by atoms with Crippen LogP contribution in [0.4, 0.5) is 0 Å². The van der Waals surface area contributed by atoms with Gasteiger partial charge >= 0.3 is 0 Å². The van der Waals surface area contributed by atoms with Gasteiger partial charge in [0.1, 0.15) is 0 Å². The van der Waals surface area contributed by atoms with Crippen LogP contribution in [0.15, 0.2) is 0 Å². The number of rotatable bonds is 6. The molecule has 0 radical (unpaired) electrons. The molecule has 0 spiro atoms. The Kier molecular flexibility index (Phi) is 6.52. The zero-order valence-electron chi connectivity index (χ0n) is 11.2. The molecule has 1 amide bonds. The molecule has 0 saturated carbocycles. The highest BCUT2D eigenvalue weighted by atomic mass is 16.1. The van der Waals surface area contributed by atoms with Crippen LogP contribution in [0.25, 0.3) is 0 Å². The van der Waals surface area contributed by atoms with Gasteiger partial charge in [-0.3, -0.25) is 4.79 Å². The molecule has 1 aliphatic rings. The second kappa shape index (κ2) is 7.67. The van der Waals surface area contributed by atoms with Crippen molar-refractivity contribution >= 4 is 5.91 Å². The Labute approximate surface area is 105 Å². The van der Waals surface area contributed by atoms with Gasteiger partial charge in [-0.2, -0.15) is 0 Å². The second-order valence-electron chi connectivity index (χ2n) is 5.11. The third-order valence-electron chi connectivity index (χ3n) is 3.56. The number of nitrogens with zero attached hydrogens (tertiary/aromatic N) is 1. The summed E-state index contributed by atoms with van der Waals surface area (Å²) in [6.45, 7) is 7.97. The summed E-state index contributed by atoms with van der Waals surface area (Å²) in [5.41, 5.74) is 5.49. The maximum atomic E-state index is 11.7. The Balaban J connectivity index is 2.20. The average molecular weight is 241 g/mol. The van der Waals surface area contributed by atoms with Crippen molar-refractivity contribution in [1.82, 2.24) is 10.2 Å². The molecule has 0 bridgehead atoms. The van der Waals surface area contributed by atoms with Gasteiger partial charge in [-0.1, -0.05) is 20.3 Å². The monoisotopic (exact) mass is 241 g/mol. The molecule has 17 heavy (non-hydrogen) atoms. The van der Waals surface area contributed by atoms with Crippen LogP contribution in [0.1, 0.15) is 39.5 Å². The lowest BCUT2D eigenvalue weighted by Gasteiger charge is -2.32. The van der Waals surface area contributed by atoms with E-state index in [1.165, 1.54) is 19.4 Å². The van der Waals surface area contributed by atoms with Gasteiger partial charge in [-0.05, 0) is 25.8 Å². The number of piperidine rings is 1. The van der Waals surface area contributed by atoms with E-state index in [0.29, 0.717) is 12.6 Å². The molecule has 1 unspecified atom stereocenters. The number of nitrogens with one attached hydrogen (secondary N) is 1. The van der Waals surface area contributed by atoms with Crippen molar-refractivity contribution in [3.05, 3.63) is 0 Å². The molecule has 0 aromatic rings. The lowest BCUT2D eigenvalue weighted by atomic mass is 10.0. The van der Waals surface area contributed by atoms with E-state index in [2.05, 4.69) is 17.1 Å². The highest BCUT2D eigenvalue weighted by Crippen LogP contribution is 2.11. The number of carbonyl (C=O) groups excluding carboxylic acids is 1. The standard InChI is InChI=1S/C13H27N3O/c1-3-4-7-16-8-5-12(6-9-16)15-13(17)11(2)10-14/h11-12H,3-10,14H2,1-2H3,(H,15,17). The van der Waals surface area contributed by atoms with E-state index < -0.39 is 0 Å². The molecule has 1 fully saturated rings. The van der Waals surface area contributed by atoms with Crippen LogP contribution in [0.2, 0.25) is 0 Å². The number of nitrogens with two attached hydrogens (primary N) is 1. The third kappa shape index (κ3) is 5.04. The van der Waals surface area contributed by atoms with Crippen molar-refractivity contribution in [3.63, 3.8) is 0 Å². The fourth-order valence-corrected chi connectivity index (χ4v) is 2.13. The van der Waals surface area contributed by atoms with Gasteiger partial charge < -0.3 is 16.0 Å². The molecule has 3 N–H and O–H groups in total. The van der Waals surface area contributed by atoms with Crippen LogP contribution in [0.3, 0.4) is 0 Å². The van der Waals surface area contributed by atoms with E-state index in [4.69, 9.17) is 5.73 Å². The van der Waals surface area contributed by atoms with Crippen molar-refractivity contribution in [2.24, 2.45) is 11.7 Å². The van der Waals surface area contributed by atoms with E-state index in [9.17, 15) is 4.79 Å². The Hall–Kier alpha value is -0.610. The lowest BCUT2D eigenvalue weighted by molar-refractivity contribution is -0.125. The van der Waals surface area contributed by atoms with Crippen LogP contribution in [0.5, 0.6) is 0 Å². The first kappa shape index (κ1) is 14.5. The quantitative estimate of drug-likeness (QED) is 0.728. The number of likely N-dealkylation sites (tertiary alicyclic amines) is 1. The summed E-state index contributed by atoms with van der Waals surface area (Å²) in [5, 5.41) is 3.10. The van der Waals surface area contributed by atoms with Crippen LogP contribution < -0.4 is 11.1 Å². The molecular formula is C13H27N3O. The molecule has 1 atom stereocenters. The SMILES string of the molecule is CCCCN1CCC(NC(=O)C(C)CN)CC1. The summed E-state index contributed by atoms with van der Waals surface area (Å²) in [6, 6.07) is 0.356. The van der Waals surface area contributed by atoms with E-state index >= 15 is 0 Å². The fraction of sp³-hybridized carbons (Fsp3) is 0.923. The van der Waals surface area contributed by atoms with Crippen molar-refractivity contribution in [2.45, 2.75) is 45.6 Å². The first-order valence-corrected chi connectivity index (χ1v) is 6.90. The first-order chi connectivity index (χ1) is 8.17. The smallest absolute Gasteiger partial charge is 0.224 e. The molecule has 0 aromatic heterocycles. The van der Waals surface area contributed by atoms with E-state index in [-0.39, 0.29) is 11.8 Å². The number of hydrogen-bond acceptors (Lipinski definition) is 3. The van der Waals surface area contributed by atoms with Crippen LogP contribution in [-0.2, 0) is 4.79 Å². The number of hydrogen-bond donors (Lipinski definition) is 2. The number of carbonyl (C=O) groups is 1. The number of unbranched alkanes of at least 4 members (excludes halogenated alkanes) is 1. The topological polar surface area (TPSA) is 58.4 Å². The summed E-state index contributed by atoms with van der Waals surface area (Å²) >= 11 is 0. The van der Waals surface area contributed by atoms with Gasteiger partial charge in [-0.25, -0.2) is 0 Å². The predicted molar refractivity (Wildman–Crippen MR) is 70.7 cm³/mol. The minimum absolute atomic E-state index is 0.0619. The minimum atomic E-state index is -0.0619. The summed E-state index contributed by atoms with van der Waals surface area (Å²) in [5.74, 6) is 0.0487. The maximum absolute atomic E-state index is 11.7. The Morgan fingerprint density at radius 1 is 1.47 bits per heavy atom. The molecular weight excluding hydrogens is 214 g/mol. The van der Waals surface area contributed by atoms with Gasteiger partial charge in [0.2, 0.25) is 5.91 Å². The summed E-state index contributed by atoms with van der Waals surface area (Å²) in [7, 11) is 0. The van der Waals surface area contributed by atoms with Gasteiger partial charge in [0.05, 0.1) is 0 Å². The summed E-state index contributed by atoms with van der Waals surface area (Å²) in [6.07, 6.45) is 4.69. The largest absolute Gasteiger partial charge is 0.353 e. The predicted octanol–water partition coefficient (Wildman–Crippen LogP) is 0.962. The fourth-order valence-electron chi connectivity index (χ4n) is 2.13. The van der Waals surface area contributed by atoms with Crippen LogP contribution >= 0.6 is 0 Å². The highest BCUT2D eigenvalue weighted by Gasteiger charge is 2.21. The Bertz CT molecular complexity index is 225. The first-order valence-electron chi connectivity index (χ1n) is 6.90. The van der Waals surface area contributed by atoms with Gasteiger partial charge in [0, 0.05) is 31.6 Å². The van der Waals surface area contributed by atoms with Gasteiger partial charge in [-0.15, -0.1) is 0 Å². The number of amides is 1.